The molecule has 0 saturated carbocycles. The average molecular weight is 508 g/mol. The van der Waals surface area contributed by atoms with Crippen LogP contribution in [0.2, 0.25) is 5.02 Å². The van der Waals surface area contributed by atoms with Gasteiger partial charge in [-0.25, -0.2) is 8.42 Å². The highest BCUT2D eigenvalue weighted by molar-refractivity contribution is 7.89. The fourth-order valence-electron chi connectivity index (χ4n) is 4.18. The van der Waals surface area contributed by atoms with Gasteiger partial charge in [0.2, 0.25) is 15.9 Å². The lowest BCUT2D eigenvalue weighted by Gasteiger charge is -2.36. The Morgan fingerprint density at radius 2 is 1.85 bits per heavy atom. The second-order valence-corrected chi connectivity index (χ2v) is 10.9. The van der Waals surface area contributed by atoms with E-state index < -0.39 is 26.7 Å². The Bertz CT molecular complexity index is 1120. The molecule has 2 aromatic rings. The van der Waals surface area contributed by atoms with Crippen molar-refractivity contribution in [2.75, 3.05) is 13.1 Å². The van der Waals surface area contributed by atoms with Crippen LogP contribution in [0.15, 0.2) is 53.4 Å². The molecule has 1 aliphatic rings. The van der Waals surface area contributed by atoms with Gasteiger partial charge in [0.1, 0.15) is 11.1 Å². The third-order valence-corrected chi connectivity index (χ3v) is 8.24. The molecule has 1 N–H and O–H groups in total. The lowest BCUT2D eigenvalue weighted by Crippen LogP contribution is -2.53. The predicted molar refractivity (Wildman–Crippen MR) is 131 cm³/mol. The highest BCUT2D eigenvalue weighted by atomic mass is 35.5. The van der Waals surface area contributed by atoms with Crippen LogP contribution in [0.25, 0.3) is 0 Å². The summed E-state index contributed by atoms with van der Waals surface area (Å²) in [6.07, 6.45) is 3.25. The van der Waals surface area contributed by atoms with Gasteiger partial charge in [-0.2, -0.15) is 4.72 Å². The molecule has 34 heavy (non-hydrogen) atoms. The number of carbonyl (C=O) groups excluding carboxylic acids is 1. The van der Waals surface area contributed by atoms with E-state index in [1.165, 1.54) is 17.7 Å². The maximum atomic E-state index is 13.4. The second kappa shape index (κ2) is 11.3. The standard InChI is InChI=1S/C24H30ClN3O5S/c1-3-17(2)23(26-34(32,33)20-9-10-21(25)22(16-20)28(30)31)24(29)27-13-11-19(12-14-27)15-18-7-5-4-6-8-18/h4-10,16-17,19,23,26H,3,11-15H2,1-2H3. The molecule has 1 saturated heterocycles. The van der Waals surface area contributed by atoms with Crippen molar-refractivity contribution in [3.05, 3.63) is 69.2 Å². The summed E-state index contributed by atoms with van der Waals surface area (Å²) in [7, 11) is -4.18. The molecule has 1 aliphatic heterocycles. The van der Waals surface area contributed by atoms with E-state index in [4.69, 9.17) is 11.6 Å². The van der Waals surface area contributed by atoms with Gasteiger partial charge in [-0.15, -0.1) is 0 Å². The van der Waals surface area contributed by atoms with E-state index in [2.05, 4.69) is 16.9 Å². The van der Waals surface area contributed by atoms with Crippen LogP contribution >= 0.6 is 11.6 Å². The number of hydrogen-bond donors (Lipinski definition) is 1. The minimum atomic E-state index is -4.18. The molecule has 0 aliphatic carbocycles. The van der Waals surface area contributed by atoms with E-state index in [0.29, 0.717) is 25.4 Å². The first-order valence-corrected chi connectivity index (χ1v) is 13.3. The Balaban J connectivity index is 1.71. The molecule has 2 atom stereocenters. The predicted octanol–water partition coefficient (Wildman–Crippen LogP) is 4.42. The quantitative estimate of drug-likeness (QED) is 0.399. The lowest BCUT2D eigenvalue weighted by atomic mass is 9.89. The van der Waals surface area contributed by atoms with Crippen LogP contribution in [0.1, 0.15) is 38.7 Å². The summed E-state index contributed by atoms with van der Waals surface area (Å²) < 4.78 is 28.6. The van der Waals surface area contributed by atoms with Crippen LogP contribution in [0, 0.1) is 22.0 Å². The summed E-state index contributed by atoms with van der Waals surface area (Å²) in [5.41, 5.74) is 0.769. The molecule has 0 aromatic heterocycles. The van der Waals surface area contributed by atoms with E-state index >= 15 is 0 Å². The number of nitro groups is 1. The minimum Gasteiger partial charge on any atom is -0.341 e. The maximum Gasteiger partial charge on any atom is 0.289 e. The zero-order valence-corrected chi connectivity index (χ0v) is 20.9. The molecular formula is C24H30ClN3O5S. The number of carbonyl (C=O) groups is 1. The van der Waals surface area contributed by atoms with Crippen LogP contribution in [0.4, 0.5) is 5.69 Å². The summed E-state index contributed by atoms with van der Waals surface area (Å²) in [4.78, 5) is 25.2. The van der Waals surface area contributed by atoms with Gasteiger partial charge in [0, 0.05) is 19.2 Å². The highest BCUT2D eigenvalue weighted by Gasteiger charge is 2.35. The van der Waals surface area contributed by atoms with Crippen molar-refractivity contribution in [1.29, 1.82) is 0 Å². The average Bonchev–Trinajstić information content (AvgIpc) is 2.82. The van der Waals surface area contributed by atoms with Crippen molar-refractivity contribution in [2.24, 2.45) is 11.8 Å². The molecule has 0 bridgehead atoms. The molecule has 1 heterocycles. The van der Waals surface area contributed by atoms with Crippen molar-refractivity contribution in [3.63, 3.8) is 0 Å². The second-order valence-electron chi connectivity index (χ2n) is 8.81. The lowest BCUT2D eigenvalue weighted by molar-refractivity contribution is -0.384. The van der Waals surface area contributed by atoms with Gasteiger partial charge in [0.25, 0.3) is 5.69 Å². The molecular weight excluding hydrogens is 478 g/mol. The molecule has 0 spiro atoms. The minimum absolute atomic E-state index is 0.156. The Kier molecular flexibility index (Phi) is 8.67. The van der Waals surface area contributed by atoms with Crippen LogP contribution in [0.3, 0.4) is 0 Å². The van der Waals surface area contributed by atoms with Crippen molar-refractivity contribution in [1.82, 2.24) is 9.62 Å². The number of hydrogen-bond acceptors (Lipinski definition) is 5. The number of likely N-dealkylation sites (tertiary alicyclic amines) is 1. The molecule has 2 unspecified atom stereocenters. The number of nitrogens with one attached hydrogen (secondary N) is 1. The smallest absolute Gasteiger partial charge is 0.289 e. The number of nitrogens with zero attached hydrogens (tertiary/aromatic N) is 2. The number of benzene rings is 2. The van der Waals surface area contributed by atoms with Crippen molar-refractivity contribution in [2.45, 2.75) is 50.5 Å². The number of piperidine rings is 1. The van der Waals surface area contributed by atoms with Crippen molar-refractivity contribution >= 4 is 33.2 Å². The Morgan fingerprint density at radius 1 is 1.21 bits per heavy atom. The zero-order chi connectivity index (χ0) is 24.9. The third kappa shape index (κ3) is 6.34. The topological polar surface area (TPSA) is 110 Å². The van der Waals surface area contributed by atoms with Crippen molar-refractivity contribution in [3.8, 4) is 0 Å². The molecule has 1 amide bonds. The van der Waals surface area contributed by atoms with E-state index in [1.807, 2.05) is 32.0 Å². The number of amides is 1. The third-order valence-electron chi connectivity index (χ3n) is 6.48. The van der Waals surface area contributed by atoms with Gasteiger partial charge >= 0.3 is 0 Å². The first-order valence-electron chi connectivity index (χ1n) is 11.4. The monoisotopic (exact) mass is 507 g/mol. The maximum absolute atomic E-state index is 13.4. The normalized spacial score (nSPS) is 16.7. The SMILES string of the molecule is CCC(C)C(NS(=O)(=O)c1ccc(Cl)c([N+](=O)[O-])c1)C(=O)N1CCC(Cc2ccccc2)CC1. The summed E-state index contributed by atoms with van der Waals surface area (Å²) in [5.74, 6) is -0.0500. The fraction of sp³-hybridized carbons (Fsp3) is 0.458. The van der Waals surface area contributed by atoms with Crippen LogP contribution in [-0.2, 0) is 21.2 Å². The molecule has 10 heteroatoms. The van der Waals surface area contributed by atoms with Gasteiger partial charge in [0.05, 0.1) is 9.82 Å². The van der Waals surface area contributed by atoms with Gasteiger partial charge in [-0.1, -0.05) is 62.2 Å². The van der Waals surface area contributed by atoms with Gasteiger partial charge in [-0.05, 0) is 48.8 Å². The Hall–Kier alpha value is -2.49. The first kappa shape index (κ1) is 26.1. The van der Waals surface area contributed by atoms with Crippen LogP contribution < -0.4 is 4.72 Å². The summed E-state index contributed by atoms with van der Waals surface area (Å²) >= 11 is 5.82. The van der Waals surface area contributed by atoms with E-state index in [-0.39, 0.29) is 21.7 Å². The van der Waals surface area contributed by atoms with Gasteiger partial charge < -0.3 is 4.90 Å². The van der Waals surface area contributed by atoms with E-state index in [1.54, 1.807) is 4.90 Å². The van der Waals surface area contributed by atoms with E-state index in [9.17, 15) is 23.3 Å². The molecule has 0 radical (unpaired) electrons. The largest absolute Gasteiger partial charge is 0.341 e. The summed E-state index contributed by atoms with van der Waals surface area (Å²) in [6, 6.07) is 12.6. The number of sulfonamides is 1. The van der Waals surface area contributed by atoms with Gasteiger partial charge in [0.15, 0.2) is 0 Å². The Morgan fingerprint density at radius 3 is 2.44 bits per heavy atom. The van der Waals surface area contributed by atoms with E-state index in [0.717, 1.165) is 25.3 Å². The van der Waals surface area contributed by atoms with Crippen molar-refractivity contribution < 1.29 is 18.1 Å². The molecule has 184 valence electrons. The summed E-state index contributed by atoms with van der Waals surface area (Å²) in [6.45, 7) is 4.84. The van der Waals surface area contributed by atoms with Crippen LogP contribution in [0.5, 0.6) is 0 Å². The van der Waals surface area contributed by atoms with Crippen LogP contribution in [-0.4, -0.2) is 43.3 Å². The fourth-order valence-corrected chi connectivity index (χ4v) is 5.69. The number of halogens is 1. The zero-order valence-electron chi connectivity index (χ0n) is 19.3. The highest BCUT2D eigenvalue weighted by Crippen LogP contribution is 2.28. The molecule has 1 fully saturated rings. The molecule has 8 nitrogen and oxygen atoms in total. The number of rotatable bonds is 9. The number of nitro benzene ring substituents is 1. The molecule has 2 aromatic carbocycles. The first-order chi connectivity index (χ1) is 16.1. The Labute approximate surface area is 205 Å². The molecule has 3 rings (SSSR count). The van der Waals surface area contributed by atoms with Gasteiger partial charge in [-0.3, -0.25) is 14.9 Å². The summed E-state index contributed by atoms with van der Waals surface area (Å²) in [5, 5.41) is 11.0.